The maximum Gasteiger partial charge on any atom is 0.336 e. The molecule has 0 spiro atoms. The third-order valence-corrected chi connectivity index (χ3v) is 2.64. The molecule has 0 heterocycles. The van der Waals surface area contributed by atoms with Crippen LogP contribution in [0.3, 0.4) is 0 Å². The molecular weight excluding hydrogens is 266 g/mol. The third kappa shape index (κ3) is 5.32. The summed E-state index contributed by atoms with van der Waals surface area (Å²) in [5.41, 5.74) is 0.992. The molecule has 4 heteroatoms. The van der Waals surface area contributed by atoms with E-state index in [0.29, 0.717) is 12.3 Å². The van der Waals surface area contributed by atoms with Crippen LogP contribution in [0.4, 0.5) is 0 Å². The Kier molecular flexibility index (Phi) is 5.29. The first-order valence-electron chi connectivity index (χ1n) is 6.51. The standard InChI is InChI=1S/C17H15NO3/c19-16(18-13-14-7-3-1-4-8-14)11-12-17(20)21-15-9-5-2-6-10-15/h1-12H,13H2,(H,18,19)/b12-11-. The average molecular weight is 281 g/mol. The summed E-state index contributed by atoms with van der Waals surface area (Å²) in [4.78, 5) is 23.1. The Labute approximate surface area is 123 Å². The fourth-order valence-electron chi connectivity index (χ4n) is 1.63. The van der Waals surface area contributed by atoms with Crippen LogP contribution in [0.2, 0.25) is 0 Å². The Morgan fingerprint density at radius 2 is 1.52 bits per heavy atom. The molecule has 0 aliphatic heterocycles. The smallest absolute Gasteiger partial charge is 0.336 e. The van der Waals surface area contributed by atoms with Crippen LogP contribution >= 0.6 is 0 Å². The molecule has 106 valence electrons. The van der Waals surface area contributed by atoms with E-state index in [1.165, 1.54) is 0 Å². The van der Waals surface area contributed by atoms with Gasteiger partial charge in [0.25, 0.3) is 0 Å². The summed E-state index contributed by atoms with van der Waals surface area (Å²) in [6.45, 7) is 0.414. The van der Waals surface area contributed by atoms with Crippen molar-refractivity contribution in [1.82, 2.24) is 5.32 Å². The number of carbonyl (C=O) groups excluding carboxylic acids is 2. The maximum absolute atomic E-state index is 11.6. The third-order valence-electron chi connectivity index (χ3n) is 2.64. The van der Waals surface area contributed by atoms with Crippen molar-refractivity contribution < 1.29 is 14.3 Å². The Balaban J connectivity index is 1.78. The Morgan fingerprint density at radius 3 is 2.19 bits per heavy atom. The van der Waals surface area contributed by atoms with Gasteiger partial charge in [-0.25, -0.2) is 4.79 Å². The van der Waals surface area contributed by atoms with Gasteiger partial charge in [0, 0.05) is 18.7 Å². The predicted molar refractivity (Wildman–Crippen MR) is 79.5 cm³/mol. The van der Waals surface area contributed by atoms with Gasteiger partial charge in [-0.05, 0) is 17.7 Å². The molecule has 0 saturated heterocycles. The van der Waals surface area contributed by atoms with E-state index in [2.05, 4.69) is 5.32 Å². The van der Waals surface area contributed by atoms with E-state index in [1.807, 2.05) is 36.4 Å². The summed E-state index contributed by atoms with van der Waals surface area (Å²) in [7, 11) is 0. The van der Waals surface area contributed by atoms with E-state index in [1.54, 1.807) is 24.3 Å². The number of hydrogen-bond donors (Lipinski definition) is 1. The second kappa shape index (κ2) is 7.65. The molecule has 0 aliphatic rings. The van der Waals surface area contributed by atoms with Crippen molar-refractivity contribution in [3.8, 4) is 5.75 Å². The van der Waals surface area contributed by atoms with Crippen LogP contribution < -0.4 is 10.1 Å². The van der Waals surface area contributed by atoms with Gasteiger partial charge in [0.05, 0.1) is 0 Å². The maximum atomic E-state index is 11.6. The van der Waals surface area contributed by atoms with Crippen LogP contribution in [0.1, 0.15) is 5.56 Å². The van der Waals surface area contributed by atoms with Crippen molar-refractivity contribution in [1.29, 1.82) is 0 Å². The fourth-order valence-corrected chi connectivity index (χ4v) is 1.63. The van der Waals surface area contributed by atoms with Gasteiger partial charge in [0.1, 0.15) is 5.75 Å². The van der Waals surface area contributed by atoms with E-state index >= 15 is 0 Å². The van der Waals surface area contributed by atoms with Crippen LogP contribution in [-0.2, 0) is 16.1 Å². The summed E-state index contributed by atoms with van der Waals surface area (Å²) in [5, 5.41) is 2.68. The first kappa shape index (κ1) is 14.5. The Hall–Kier alpha value is -2.88. The number of carbonyl (C=O) groups is 2. The minimum Gasteiger partial charge on any atom is -0.423 e. The SMILES string of the molecule is O=C(/C=C\C(=O)Oc1ccccc1)NCc1ccccc1. The molecule has 2 rings (SSSR count). The highest BCUT2D eigenvalue weighted by molar-refractivity contribution is 5.95. The molecule has 0 aliphatic carbocycles. The van der Waals surface area contributed by atoms with Crippen LogP contribution in [0.5, 0.6) is 5.75 Å². The molecule has 0 aromatic heterocycles. The van der Waals surface area contributed by atoms with Gasteiger partial charge >= 0.3 is 5.97 Å². The molecule has 1 amide bonds. The van der Waals surface area contributed by atoms with Crippen LogP contribution in [-0.4, -0.2) is 11.9 Å². The van der Waals surface area contributed by atoms with Crippen molar-refractivity contribution in [3.63, 3.8) is 0 Å². The van der Waals surface area contributed by atoms with Crippen molar-refractivity contribution in [2.45, 2.75) is 6.54 Å². The lowest BCUT2D eigenvalue weighted by atomic mass is 10.2. The summed E-state index contributed by atoms with van der Waals surface area (Å²) in [6.07, 6.45) is 2.27. The molecule has 1 N–H and O–H groups in total. The molecule has 0 unspecified atom stereocenters. The van der Waals surface area contributed by atoms with Crippen molar-refractivity contribution in [3.05, 3.63) is 78.4 Å². The number of esters is 1. The fraction of sp³-hybridized carbons (Fsp3) is 0.0588. The molecule has 0 saturated carbocycles. The summed E-state index contributed by atoms with van der Waals surface area (Å²) >= 11 is 0. The molecule has 0 bridgehead atoms. The lowest BCUT2D eigenvalue weighted by Gasteiger charge is -2.02. The second-order valence-corrected chi connectivity index (χ2v) is 4.27. The van der Waals surface area contributed by atoms with Gasteiger partial charge in [-0.2, -0.15) is 0 Å². The van der Waals surface area contributed by atoms with Crippen molar-refractivity contribution in [2.24, 2.45) is 0 Å². The monoisotopic (exact) mass is 281 g/mol. The quantitative estimate of drug-likeness (QED) is 0.520. The highest BCUT2D eigenvalue weighted by Gasteiger charge is 2.01. The molecule has 2 aromatic rings. The zero-order valence-corrected chi connectivity index (χ0v) is 11.4. The van der Waals surface area contributed by atoms with E-state index in [4.69, 9.17) is 4.74 Å². The number of ether oxygens (including phenoxy) is 1. The molecule has 4 nitrogen and oxygen atoms in total. The summed E-state index contributed by atoms with van der Waals surface area (Å²) in [5.74, 6) is -0.489. The average Bonchev–Trinajstić information content (AvgIpc) is 2.53. The minimum absolute atomic E-state index is 0.344. The van der Waals surface area contributed by atoms with Crippen molar-refractivity contribution >= 4 is 11.9 Å². The predicted octanol–water partition coefficient (Wildman–Crippen LogP) is 2.46. The first-order valence-corrected chi connectivity index (χ1v) is 6.51. The van der Waals surface area contributed by atoms with Gasteiger partial charge in [-0.15, -0.1) is 0 Å². The Bertz CT molecular complexity index is 621. The highest BCUT2D eigenvalue weighted by atomic mass is 16.5. The van der Waals surface area contributed by atoms with Crippen LogP contribution in [0.15, 0.2) is 72.8 Å². The second-order valence-electron chi connectivity index (χ2n) is 4.27. The molecule has 21 heavy (non-hydrogen) atoms. The lowest BCUT2D eigenvalue weighted by molar-refractivity contribution is -0.129. The largest absolute Gasteiger partial charge is 0.423 e. The molecule has 0 radical (unpaired) electrons. The van der Waals surface area contributed by atoms with Crippen LogP contribution in [0, 0.1) is 0 Å². The highest BCUT2D eigenvalue weighted by Crippen LogP contribution is 2.08. The number of amides is 1. The molecular formula is C17H15NO3. The van der Waals surface area contributed by atoms with E-state index in [9.17, 15) is 9.59 Å². The molecule has 0 fully saturated rings. The van der Waals surface area contributed by atoms with Crippen molar-refractivity contribution in [2.75, 3.05) is 0 Å². The minimum atomic E-state index is -0.587. The number of hydrogen-bond acceptors (Lipinski definition) is 3. The topological polar surface area (TPSA) is 55.4 Å². The number of para-hydroxylation sites is 1. The summed E-state index contributed by atoms with van der Waals surface area (Å²) in [6, 6.07) is 18.2. The number of rotatable bonds is 5. The molecule has 0 atom stereocenters. The lowest BCUT2D eigenvalue weighted by Crippen LogP contribution is -2.20. The zero-order chi connectivity index (χ0) is 14.9. The van der Waals surface area contributed by atoms with Gasteiger partial charge in [-0.1, -0.05) is 48.5 Å². The van der Waals surface area contributed by atoms with Gasteiger partial charge in [-0.3, -0.25) is 4.79 Å². The Morgan fingerprint density at radius 1 is 0.905 bits per heavy atom. The van der Waals surface area contributed by atoms with Gasteiger partial charge < -0.3 is 10.1 Å². The number of benzene rings is 2. The summed E-state index contributed by atoms with van der Waals surface area (Å²) < 4.78 is 5.02. The number of nitrogens with one attached hydrogen (secondary N) is 1. The first-order chi connectivity index (χ1) is 10.2. The molecule has 2 aromatic carbocycles. The van der Waals surface area contributed by atoms with E-state index < -0.39 is 5.97 Å². The zero-order valence-electron chi connectivity index (χ0n) is 11.4. The normalized spacial score (nSPS) is 10.3. The van der Waals surface area contributed by atoms with E-state index in [0.717, 1.165) is 17.7 Å². The van der Waals surface area contributed by atoms with Crippen LogP contribution in [0.25, 0.3) is 0 Å². The van der Waals surface area contributed by atoms with Gasteiger partial charge in [0.2, 0.25) is 5.91 Å². The van der Waals surface area contributed by atoms with Gasteiger partial charge in [0.15, 0.2) is 0 Å². The van der Waals surface area contributed by atoms with E-state index in [-0.39, 0.29) is 5.91 Å².